The number of amides is 1. The Kier molecular flexibility index (Phi) is 5.04. The molecule has 0 atom stereocenters. The molecule has 1 aliphatic rings. The van der Waals surface area contributed by atoms with E-state index in [0.29, 0.717) is 10.9 Å². The third-order valence-electron chi connectivity index (χ3n) is 4.97. The summed E-state index contributed by atoms with van der Waals surface area (Å²) in [5, 5.41) is 5.32. The molecule has 0 spiro atoms. The average molecular weight is 409 g/mol. The minimum absolute atomic E-state index is 0.0984. The van der Waals surface area contributed by atoms with Crippen LogP contribution in [0.4, 0.5) is 5.13 Å². The van der Waals surface area contributed by atoms with E-state index in [1.54, 1.807) is 0 Å². The van der Waals surface area contributed by atoms with E-state index in [2.05, 4.69) is 36.3 Å². The third kappa shape index (κ3) is 4.27. The summed E-state index contributed by atoms with van der Waals surface area (Å²) in [7, 11) is 0. The van der Waals surface area contributed by atoms with Gasteiger partial charge in [0.1, 0.15) is 5.60 Å². The van der Waals surface area contributed by atoms with Crippen LogP contribution in [0.1, 0.15) is 30.5 Å². The number of nitrogens with one attached hydrogen (secondary N) is 1. The van der Waals surface area contributed by atoms with Crippen molar-refractivity contribution in [2.75, 3.05) is 11.9 Å². The molecule has 29 heavy (non-hydrogen) atoms. The minimum atomic E-state index is -0.254. The zero-order chi connectivity index (χ0) is 20.6. The molecule has 2 heterocycles. The van der Waals surface area contributed by atoms with Crippen molar-refractivity contribution in [3.05, 3.63) is 58.5 Å². The summed E-state index contributed by atoms with van der Waals surface area (Å²) >= 11 is 1.40. The summed E-state index contributed by atoms with van der Waals surface area (Å²) in [5.41, 5.74) is 5.21. The zero-order valence-corrected chi connectivity index (χ0v) is 17.9. The molecule has 0 saturated heterocycles. The summed E-state index contributed by atoms with van der Waals surface area (Å²) in [4.78, 5) is 16.9. The van der Waals surface area contributed by atoms with Gasteiger partial charge in [-0.05, 0) is 51.0 Å². The van der Waals surface area contributed by atoms with Gasteiger partial charge in [-0.1, -0.05) is 24.3 Å². The predicted octanol–water partition coefficient (Wildman–Crippen LogP) is 5.16. The van der Waals surface area contributed by atoms with Gasteiger partial charge in [-0.25, -0.2) is 4.98 Å². The first-order chi connectivity index (χ1) is 13.8. The van der Waals surface area contributed by atoms with Crippen LogP contribution in [0, 0.1) is 13.8 Å². The number of ether oxygens (including phenoxy) is 2. The van der Waals surface area contributed by atoms with Gasteiger partial charge in [0.05, 0.1) is 5.69 Å². The number of rotatable bonds is 5. The van der Waals surface area contributed by atoms with E-state index in [-0.39, 0.29) is 18.1 Å². The fourth-order valence-electron chi connectivity index (χ4n) is 3.36. The van der Waals surface area contributed by atoms with E-state index in [1.165, 1.54) is 22.5 Å². The first-order valence-corrected chi connectivity index (χ1v) is 10.5. The smallest absolute Gasteiger partial charge is 0.264 e. The maximum atomic E-state index is 12.3. The number of hydrogen-bond donors (Lipinski definition) is 1. The van der Waals surface area contributed by atoms with E-state index in [1.807, 2.05) is 43.5 Å². The second-order valence-electron chi connectivity index (χ2n) is 7.96. The Hall–Kier alpha value is -2.86. The molecule has 0 aliphatic carbocycles. The number of nitrogens with zero attached hydrogens (tertiary/aromatic N) is 1. The number of thiazole rings is 1. The third-order valence-corrected chi connectivity index (χ3v) is 5.72. The molecule has 0 bridgehead atoms. The lowest BCUT2D eigenvalue weighted by Gasteiger charge is -2.18. The number of aryl methyl sites for hydroxylation is 2. The lowest BCUT2D eigenvalue weighted by atomic mass is 10.0. The van der Waals surface area contributed by atoms with Crippen molar-refractivity contribution < 1.29 is 14.3 Å². The van der Waals surface area contributed by atoms with Crippen LogP contribution < -0.4 is 14.8 Å². The van der Waals surface area contributed by atoms with Gasteiger partial charge in [0.2, 0.25) is 0 Å². The molecule has 1 N–H and O–H groups in total. The number of fused-ring (bicyclic) bond motifs is 1. The fourth-order valence-corrected chi connectivity index (χ4v) is 4.10. The lowest BCUT2D eigenvalue weighted by Crippen LogP contribution is -2.25. The van der Waals surface area contributed by atoms with Gasteiger partial charge in [-0.3, -0.25) is 10.1 Å². The first-order valence-electron chi connectivity index (χ1n) is 9.57. The van der Waals surface area contributed by atoms with Crippen molar-refractivity contribution in [1.82, 2.24) is 4.98 Å². The molecule has 3 aromatic rings. The number of benzene rings is 2. The minimum Gasteiger partial charge on any atom is -0.483 e. The number of anilines is 1. The summed E-state index contributed by atoms with van der Waals surface area (Å²) in [6.07, 6.45) is 0.826. The molecule has 0 saturated carbocycles. The summed E-state index contributed by atoms with van der Waals surface area (Å²) in [5.74, 6) is 1.08. The lowest BCUT2D eigenvalue weighted by molar-refractivity contribution is -0.118. The molecule has 0 radical (unpaired) electrons. The molecule has 0 fully saturated rings. The molecule has 0 unspecified atom stereocenters. The monoisotopic (exact) mass is 408 g/mol. The number of aromatic nitrogens is 1. The highest BCUT2D eigenvalue weighted by molar-refractivity contribution is 7.14. The molecule has 6 heteroatoms. The number of carbonyl (C=O) groups excluding carboxylic acids is 1. The van der Waals surface area contributed by atoms with Crippen molar-refractivity contribution in [3.63, 3.8) is 0 Å². The first kappa shape index (κ1) is 19.5. The second-order valence-corrected chi connectivity index (χ2v) is 8.81. The Morgan fingerprint density at radius 2 is 2.07 bits per heavy atom. The van der Waals surface area contributed by atoms with Gasteiger partial charge in [0, 0.05) is 22.9 Å². The molecule has 1 amide bonds. The van der Waals surface area contributed by atoms with Gasteiger partial charge in [0.15, 0.2) is 23.2 Å². The van der Waals surface area contributed by atoms with Gasteiger partial charge in [0.25, 0.3) is 5.91 Å². The molecule has 1 aliphatic heterocycles. The molecular weight excluding hydrogens is 384 g/mol. The number of para-hydroxylation sites is 1. The SMILES string of the molecule is Cc1ccc(-c2csc(NC(=O)COc3cccc4c3OC(C)(C)C4)n2)cc1C. The summed E-state index contributed by atoms with van der Waals surface area (Å²) in [6, 6.07) is 12.0. The zero-order valence-electron chi connectivity index (χ0n) is 17.0. The fraction of sp³-hybridized carbons (Fsp3) is 0.304. The van der Waals surface area contributed by atoms with E-state index in [0.717, 1.165) is 29.0 Å². The average Bonchev–Trinajstić information content (AvgIpc) is 3.25. The maximum Gasteiger partial charge on any atom is 0.264 e. The summed E-state index contributed by atoms with van der Waals surface area (Å²) in [6.45, 7) is 8.15. The Labute approximate surface area is 174 Å². The Balaban J connectivity index is 1.39. The predicted molar refractivity (Wildman–Crippen MR) is 116 cm³/mol. The maximum absolute atomic E-state index is 12.3. The van der Waals surface area contributed by atoms with Crippen molar-refractivity contribution in [3.8, 4) is 22.8 Å². The number of hydrogen-bond acceptors (Lipinski definition) is 5. The van der Waals surface area contributed by atoms with Gasteiger partial charge in [-0.2, -0.15) is 0 Å². The van der Waals surface area contributed by atoms with Gasteiger partial charge < -0.3 is 9.47 Å². The van der Waals surface area contributed by atoms with Gasteiger partial charge in [-0.15, -0.1) is 11.3 Å². The molecule has 2 aromatic carbocycles. The Morgan fingerprint density at radius 3 is 2.86 bits per heavy atom. The van der Waals surface area contributed by atoms with Crippen LogP contribution in [0.2, 0.25) is 0 Å². The van der Waals surface area contributed by atoms with Crippen molar-refractivity contribution in [1.29, 1.82) is 0 Å². The van der Waals surface area contributed by atoms with Crippen molar-refractivity contribution in [2.24, 2.45) is 0 Å². The van der Waals surface area contributed by atoms with Crippen molar-refractivity contribution in [2.45, 2.75) is 39.7 Å². The Morgan fingerprint density at radius 1 is 1.24 bits per heavy atom. The summed E-state index contributed by atoms with van der Waals surface area (Å²) < 4.78 is 11.7. The Bertz CT molecular complexity index is 1070. The topological polar surface area (TPSA) is 60.5 Å². The second kappa shape index (κ2) is 7.52. The van der Waals surface area contributed by atoms with Crippen LogP contribution in [0.15, 0.2) is 41.8 Å². The highest BCUT2D eigenvalue weighted by Gasteiger charge is 2.32. The van der Waals surface area contributed by atoms with Crippen LogP contribution >= 0.6 is 11.3 Å². The van der Waals surface area contributed by atoms with Crippen LogP contribution in [0.25, 0.3) is 11.3 Å². The molecule has 1 aromatic heterocycles. The number of carbonyl (C=O) groups is 1. The largest absolute Gasteiger partial charge is 0.483 e. The molecule has 150 valence electrons. The van der Waals surface area contributed by atoms with Crippen molar-refractivity contribution >= 4 is 22.4 Å². The van der Waals surface area contributed by atoms with Crippen LogP contribution in [0.5, 0.6) is 11.5 Å². The normalized spacial score (nSPS) is 14.2. The van der Waals surface area contributed by atoms with Crippen LogP contribution in [-0.4, -0.2) is 23.1 Å². The van der Waals surface area contributed by atoms with E-state index < -0.39 is 0 Å². The highest BCUT2D eigenvalue weighted by Crippen LogP contribution is 2.41. The molecule has 5 nitrogen and oxygen atoms in total. The molecular formula is C23H24N2O3S. The van der Waals surface area contributed by atoms with Gasteiger partial charge >= 0.3 is 0 Å². The van der Waals surface area contributed by atoms with E-state index >= 15 is 0 Å². The van der Waals surface area contributed by atoms with E-state index in [4.69, 9.17) is 9.47 Å². The quantitative estimate of drug-likeness (QED) is 0.634. The van der Waals surface area contributed by atoms with Crippen LogP contribution in [0.3, 0.4) is 0 Å². The van der Waals surface area contributed by atoms with Crippen LogP contribution in [-0.2, 0) is 11.2 Å². The highest BCUT2D eigenvalue weighted by atomic mass is 32.1. The molecule has 4 rings (SSSR count). The van der Waals surface area contributed by atoms with E-state index in [9.17, 15) is 4.79 Å². The standard InChI is InChI=1S/C23H24N2O3S/c1-14-8-9-16(10-15(14)2)18-13-29-22(24-18)25-20(26)12-27-19-7-5-6-17-11-23(3,4)28-21(17)19/h5-10,13H,11-12H2,1-4H3,(H,24,25,26).